The van der Waals surface area contributed by atoms with Crippen molar-refractivity contribution in [2.75, 3.05) is 0 Å². The number of fused-ring (bicyclic) bond motifs is 2. The molecule has 0 aromatic heterocycles. The molecule has 2 rings (SSSR count). The Balaban J connectivity index is 2.15. The average molecular weight is 146 g/mol. The van der Waals surface area contributed by atoms with Crippen molar-refractivity contribution in [3.63, 3.8) is 0 Å². The summed E-state index contributed by atoms with van der Waals surface area (Å²) in [5.41, 5.74) is 0. The fourth-order valence-electron chi connectivity index (χ4n) is 1.70. The number of carbonyl (C=O) groups excluding carboxylic acids is 1. The zero-order valence-corrected chi connectivity index (χ0v) is 5.62. The average Bonchev–Trinajstić information content (AvgIpc) is 2.21. The van der Waals surface area contributed by atoms with E-state index in [1.807, 2.05) is 0 Å². The molecule has 3 nitrogen and oxygen atoms in total. The maximum absolute atomic E-state index is 10.9. The summed E-state index contributed by atoms with van der Waals surface area (Å²) in [6.45, 7) is 0. The summed E-state index contributed by atoms with van der Waals surface area (Å²) in [7, 11) is 0. The number of hydrogen-bond acceptors (Lipinski definition) is 3. The molecule has 0 aromatic carbocycles. The largest absolute Gasteiger partial charge is 0.459 e. The third-order valence-corrected chi connectivity index (χ3v) is 2.36. The Bertz CT molecular complexity index is 166. The number of esters is 1. The summed E-state index contributed by atoms with van der Waals surface area (Å²) in [6, 6.07) is 0. The van der Waals surface area contributed by atoms with Crippen LogP contribution in [0, 0.1) is 5.92 Å². The molecule has 1 saturated heterocycles. The molecule has 1 N–H and O–H groups in total. The van der Waals surface area contributed by atoms with Crippen LogP contribution in [-0.2, 0) is 9.53 Å². The van der Waals surface area contributed by atoms with Crippen LogP contribution in [0.15, 0.2) is 0 Å². The van der Waals surface area contributed by atoms with Gasteiger partial charge >= 0.3 is 5.97 Å². The molecule has 3 atom stereocenters. The van der Waals surface area contributed by atoms with Gasteiger partial charge in [-0.15, -0.1) is 0 Å². The van der Waals surface area contributed by atoms with Crippen molar-refractivity contribution in [3.8, 4) is 0 Å². The van der Waals surface area contributed by atoms with E-state index in [1.54, 1.807) is 0 Å². The van der Waals surface area contributed by atoms with Crippen molar-refractivity contribution < 1.29 is 14.6 Å². The Hall–Kier alpha value is -0.570. The zero-order chi connectivity index (χ0) is 7.14. The molecule has 0 spiro atoms. The molecule has 2 aliphatic rings. The topological polar surface area (TPSA) is 46.5 Å². The van der Waals surface area contributed by atoms with Crippen molar-refractivity contribution in [1.29, 1.82) is 0 Å². The molecule has 2 bridgehead atoms. The number of hydrogen-bond donors (Lipinski definition) is 1. The molecule has 1 aliphatic carbocycles. The number of aliphatic hydroxyl groups excluding tert-OH is 1. The lowest BCUT2D eigenvalue weighted by Gasteiger charge is -2.19. The Morgan fingerprint density at radius 3 is 3.20 bits per heavy atom. The summed E-state index contributed by atoms with van der Waals surface area (Å²) in [5.74, 6) is -0.0186. The van der Waals surface area contributed by atoms with E-state index >= 15 is 0 Å². The maximum atomic E-state index is 10.9. The van der Waals surface area contributed by atoms with E-state index in [9.17, 15) is 9.90 Å². The first-order chi connectivity index (χ1) is 4.77. The highest BCUT2D eigenvalue weighted by molar-refractivity contribution is 5.75. The molecule has 0 unspecified atom stereocenters. The fourth-order valence-corrected chi connectivity index (χ4v) is 1.70. The van der Waals surface area contributed by atoms with Crippen molar-refractivity contribution in [1.82, 2.24) is 0 Å². The number of carbonyl (C=O) groups is 1. The van der Waals surface area contributed by atoms with Gasteiger partial charge in [0.1, 0.15) is 6.10 Å². The first kappa shape index (κ1) is 6.16. The lowest BCUT2D eigenvalue weighted by molar-refractivity contribution is -0.145. The molecule has 10 heavy (non-hydrogen) atoms. The van der Waals surface area contributed by atoms with Gasteiger partial charge in [0.25, 0.3) is 0 Å². The molecule has 1 heterocycles. The van der Waals surface area contributed by atoms with E-state index in [-0.39, 0.29) is 18.0 Å². The van der Waals surface area contributed by atoms with E-state index in [2.05, 4.69) is 0 Å². The van der Waals surface area contributed by atoms with E-state index in [1.165, 1.54) is 0 Å². The fraction of sp³-hybridized carbons (Fsp3) is 0.857. The lowest BCUT2D eigenvalue weighted by Crippen LogP contribution is -2.28. The van der Waals surface area contributed by atoms with Crippen LogP contribution < -0.4 is 0 Å². The summed E-state index contributed by atoms with van der Waals surface area (Å²) >= 11 is 0. The molecule has 0 radical (unpaired) electrons. The summed E-state index contributed by atoms with van der Waals surface area (Å²) in [4.78, 5) is 10.9. The van der Waals surface area contributed by atoms with Crippen molar-refractivity contribution >= 4 is 5.97 Å². The minimum Gasteiger partial charge on any atom is -0.459 e. The van der Waals surface area contributed by atoms with Crippen LogP contribution >= 0.6 is 0 Å². The number of rotatable bonds is 0. The normalized spacial score (nSPS) is 45.3. The first-order valence-corrected chi connectivity index (χ1v) is 3.66. The van der Waals surface area contributed by atoms with E-state index in [0.717, 1.165) is 19.3 Å². The molecule has 2 fully saturated rings. The SMILES string of the molecule is O=[14C]1O[C@H]2C[14C@@H]1CC[C@H]2O. The van der Waals surface area contributed by atoms with Crippen molar-refractivity contribution in [2.24, 2.45) is 5.92 Å². The Morgan fingerprint density at radius 1 is 1.70 bits per heavy atom. The van der Waals surface area contributed by atoms with E-state index in [0.29, 0.717) is 0 Å². The van der Waals surface area contributed by atoms with Gasteiger partial charge in [-0.3, -0.25) is 4.79 Å². The van der Waals surface area contributed by atoms with Crippen LogP contribution in [0.25, 0.3) is 0 Å². The molecule has 1 aliphatic heterocycles. The van der Waals surface area contributed by atoms with Crippen LogP contribution in [0.3, 0.4) is 0 Å². The predicted molar refractivity (Wildman–Crippen MR) is 33.2 cm³/mol. The summed E-state index contributed by atoms with van der Waals surface area (Å²) in [5, 5.41) is 9.24. The number of ether oxygens (including phenoxy) is 1. The number of aliphatic hydroxyl groups is 1. The molecular formula is C7H10O3. The summed E-state index contributed by atoms with van der Waals surface area (Å²) < 4.78 is 4.91. The van der Waals surface area contributed by atoms with Crippen molar-refractivity contribution in [2.45, 2.75) is 31.5 Å². The van der Waals surface area contributed by atoms with Crippen molar-refractivity contribution in [3.05, 3.63) is 0 Å². The standard InChI is InChI=1S/C7H10O3/c8-5-2-1-4-3-6(5)10-7(4)9/h4-6,8H,1-3H2/t4-,5+,6-/m0/s1/i4+2,7+2. The van der Waals surface area contributed by atoms with E-state index < -0.39 is 6.10 Å². The van der Waals surface area contributed by atoms with Gasteiger partial charge in [-0.2, -0.15) is 0 Å². The molecular weight excluding hydrogens is 136 g/mol. The first-order valence-electron chi connectivity index (χ1n) is 3.66. The summed E-state index contributed by atoms with van der Waals surface area (Å²) in [6.07, 6.45) is 1.67. The molecule has 0 aromatic rings. The van der Waals surface area contributed by atoms with Gasteiger partial charge < -0.3 is 9.84 Å². The highest BCUT2D eigenvalue weighted by Gasteiger charge is 2.42. The molecule has 1 saturated carbocycles. The van der Waals surface area contributed by atoms with Crippen LogP contribution in [0.4, 0.5) is 0 Å². The second-order valence-electron chi connectivity index (χ2n) is 3.05. The zero-order valence-electron chi connectivity index (χ0n) is 5.62. The Labute approximate surface area is 59.0 Å². The second-order valence-corrected chi connectivity index (χ2v) is 3.05. The third-order valence-electron chi connectivity index (χ3n) is 2.36. The monoisotopic (exact) mass is 146 g/mol. The second kappa shape index (κ2) is 1.95. The maximum Gasteiger partial charge on any atom is 0.309 e. The van der Waals surface area contributed by atoms with Gasteiger partial charge in [-0.25, -0.2) is 0 Å². The van der Waals surface area contributed by atoms with Crippen LogP contribution in [0.5, 0.6) is 0 Å². The quantitative estimate of drug-likeness (QED) is 0.492. The van der Waals surface area contributed by atoms with Gasteiger partial charge in [0.2, 0.25) is 0 Å². The smallest absolute Gasteiger partial charge is 0.309 e. The van der Waals surface area contributed by atoms with Gasteiger partial charge in [0, 0.05) is 6.42 Å². The minimum atomic E-state index is -0.400. The molecule has 0 amide bonds. The van der Waals surface area contributed by atoms with Gasteiger partial charge in [0.15, 0.2) is 0 Å². The van der Waals surface area contributed by atoms with E-state index in [4.69, 9.17) is 4.74 Å². The lowest BCUT2D eigenvalue weighted by atomic mass is 10.1. The van der Waals surface area contributed by atoms with Crippen LogP contribution in [0.2, 0.25) is 0 Å². The predicted octanol–water partition coefficient (Wildman–Crippen LogP) is 0.0728. The molecule has 3 heteroatoms. The Morgan fingerprint density at radius 2 is 2.50 bits per heavy atom. The van der Waals surface area contributed by atoms with Crippen LogP contribution in [-0.4, -0.2) is 23.3 Å². The third kappa shape index (κ3) is 0.736. The van der Waals surface area contributed by atoms with Crippen LogP contribution in [0.1, 0.15) is 19.3 Å². The minimum absolute atomic E-state index is 0.0911. The highest BCUT2D eigenvalue weighted by atomic mass is 16.8. The Kier molecular flexibility index (Phi) is 1.20. The molecule has 56 valence electrons. The van der Waals surface area contributed by atoms with Gasteiger partial charge in [0.05, 0.1) is 12.0 Å². The highest BCUT2D eigenvalue weighted by Crippen LogP contribution is 2.33. The van der Waals surface area contributed by atoms with Gasteiger partial charge in [-0.1, -0.05) is 0 Å². The van der Waals surface area contributed by atoms with Gasteiger partial charge in [-0.05, 0) is 12.8 Å².